The second-order valence-corrected chi connectivity index (χ2v) is 7.19. The summed E-state index contributed by atoms with van der Waals surface area (Å²) in [6, 6.07) is 0. The van der Waals surface area contributed by atoms with E-state index in [1.54, 1.807) is 5.57 Å². The summed E-state index contributed by atoms with van der Waals surface area (Å²) in [6.07, 6.45) is 19.2. The normalized spacial score (nSPS) is 20.6. The summed E-state index contributed by atoms with van der Waals surface area (Å²) in [5.74, 6) is 0.614. The van der Waals surface area contributed by atoms with E-state index in [2.05, 4.69) is 84.1 Å². The van der Waals surface area contributed by atoms with Crippen LogP contribution in [0, 0.1) is 11.3 Å². The van der Waals surface area contributed by atoms with Gasteiger partial charge in [-0.1, -0.05) is 81.4 Å². The van der Waals surface area contributed by atoms with E-state index in [-0.39, 0.29) is 0 Å². The van der Waals surface area contributed by atoms with Gasteiger partial charge in [0.25, 0.3) is 0 Å². The quantitative estimate of drug-likeness (QED) is 0.488. The predicted octanol–water partition coefficient (Wildman–Crippen LogP) is 6.78. The maximum Gasteiger partial charge on any atom is -0.0104 e. The van der Waals surface area contributed by atoms with Crippen molar-refractivity contribution in [2.75, 3.05) is 0 Å². The molecule has 0 aromatic rings. The van der Waals surface area contributed by atoms with Crippen molar-refractivity contribution in [3.8, 4) is 0 Å². The lowest BCUT2D eigenvalue weighted by molar-refractivity contribution is 0.377. The maximum absolute atomic E-state index is 2.37. The molecule has 116 valence electrons. The third-order valence-electron chi connectivity index (χ3n) is 4.13. The fourth-order valence-electron chi connectivity index (χ4n) is 2.84. The molecule has 0 heterocycles. The third kappa shape index (κ3) is 6.33. The van der Waals surface area contributed by atoms with Crippen LogP contribution in [0.1, 0.15) is 60.8 Å². The highest BCUT2D eigenvalue weighted by Gasteiger charge is 2.26. The Balaban J connectivity index is 2.71. The average molecular weight is 284 g/mol. The molecule has 1 aliphatic carbocycles. The summed E-state index contributed by atoms with van der Waals surface area (Å²) in [5, 5.41) is 0. The molecule has 0 saturated heterocycles. The van der Waals surface area contributed by atoms with Crippen LogP contribution in [0.15, 0.2) is 59.3 Å². The van der Waals surface area contributed by atoms with E-state index in [9.17, 15) is 0 Å². The van der Waals surface area contributed by atoms with E-state index in [0.29, 0.717) is 11.3 Å². The van der Waals surface area contributed by atoms with Crippen LogP contribution in [0.5, 0.6) is 0 Å². The molecule has 0 saturated carbocycles. The maximum atomic E-state index is 2.37. The highest BCUT2D eigenvalue weighted by Crippen LogP contribution is 2.40. The van der Waals surface area contributed by atoms with Crippen LogP contribution >= 0.6 is 0 Å². The van der Waals surface area contributed by atoms with Gasteiger partial charge in [-0.2, -0.15) is 0 Å². The van der Waals surface area contributed by atoms with Gasteiger partial charge in [0.2, 0.25) is 0 Å². The van der Waals surface area contributed by atoms with Crippen molar-refractivity contribution in [2.45, 2.75) is 60.8 Å². The first-order valence-corrected chi connectivity index (χ1v) is 8.23. The molecule has 0 aliphatic heterocycles. The highest BCUT2D eigenvalue weighted by atomic mass is 14.3. The van der Waals surface area contributed by atoms with E-state index < -0.39 is 0 Å². The van der Waals surface area contributed by atoms with Crippen molar-refractivity contribution in [3.63, 3.8) is 0 Å². The Labute approximate surface area is 132 Å². The summed E-state index contributed by atoms with van der Waals surface area (Å²) in [5.41, 5.74) is 4.72. The lowest BCUT2D eigenvalue weighted by atomic mass is 9.72. The molecule has 21 heavy (non-hydrogen) atoms. The highest BCUT2D eigenvalue weighted by molar-refractivity contribution is 5.36. The number of rotatable bonds is 5. The Morgan fingerprint density at radius 3 is 2.48 bits per heavy atom. The van der Waals surface area contributed by atoms with Gasteiger partial charge < -0.3 is 0 Å². The first-order chi connectivity index (χ1) is 9.83. The molecular weight excluding hydrogens is 252 g/mol. The van der Waals surface area contributed by atoms with Gasteiger partial charge in [0.05, 0.1) is 0 Å². The summed E-state index contributed by atoms with van der Waals surface area (Å²) >= 11 is 0. The van der Waals surface area contributed by atoms with Gasteiger partial charge in [-0.05, 0) is 50.0 Å². The first kappa shape index (κ1) is 17.8. The van der Waals surface area contributed by atoms with Crippen LogP contribution < -0.4 is 0 Å². The molecule has 1 aliphatic rings. The molecular formula is C21H32. The van der Waals surface area contributed by atoms with Crippen LogP contribution in [-0.2, 0) is 0 Å². The topological polar surface area (TPSA) is 0 Å². The van der Waals surface area contributed by atoms with Crippen molar-refractivity contribution in [2.24, 2.45) is 11.3 Å². The lowest BCUT2D eigenvalue weighted by Crippen LogP contribution is -2.19. The van der Waals surface area contributed by atoms with Crippen LogP contribution in [0.3, 0.4) is 0 Å². The second kappa shape index (κ2) is 8.22. The number of hydrogen-bond donors (Lipinski definition) is 0. The van der Waals surface area contributed by atoms with Crippen LogP contribution in [-0.4, -0.2) is 0 Å². The Bertz CT molecular complexity index is 476. The summed E-state index contributed by atoms with van der Waals surface area (Å²) in [7, 11) is 0. The molecule has 0 heteroatoms. The summed E-state index contributed by atoms with van der Waals surface area (Å²) in [4.78, 5) is 0. The van der Waals surface area contributed by atoms with Crippen molar-refractivity contribution in [1.82, 2.24) is 0 Å². The van der Waals surface area contributed by atoms with Gasteiger partial charge in [0.15, 0.2) is 0 Å². The van der Waals surface area contributed by atoms with Gasteiger partial charge in [-0.3, -0.25) is 0 Å². The number of hydrogen-bond acceptors (Lipinski definition) is 0. The standard InChI is InChI=1S/C21H32/c1-17(2)11-8-7-9-12-18(3)14-15-20-19(4)13-10-16-21(20,5)6/h7-9,11-12,14-15,17H,10,13,16H2,1-6H3/b9-7+,11-8+,15-14+,18-12+. The van der Waals surface area contributed by atoms with Crippen molar-refractivity contribution in [3.05, 3.63) is 59.3 Å². The zero-order chi connectivity index (χ0) is 15.9. The third-order valence-corrected chi connectivity index (χ3v) is 4.13. The van der Waals surface area contributed by atoms with Crippen LogP contribution in [0.25, 0.3) is 0 Å². The Hall–Kier alpha value is -1.30. The van der Waals surface area contributed by atoms with E-state index in [0.717, 1.165) is 0 Å². The summed E-state index contributed by atoms with van der Waals surface area (Å²) in [6.45, 7) is 13.6. The first-order valence-electron chi connectivity index (χ1n) is 8.23. The SMILES string of the molecule is CC1=C(/C=C/C(C)=C/C=C/C=C/C(C)C)C(C)(C)CCC1. The van der Waals surface area contributed by atoms with E-state index in [4.69, 9.17) is 0 Å². The largest absolute Gasteiger partial charge is 0.0820 e. The molecule has 0 aromatic heterocycles. The molecule has 0 aromatic carbocycles. The molecule has 0 nitrogen and oxygen atoms in total. The van der Waals surface area contributed by atoms with Gasteiger partial charge in [-0.15, -0.1) is 0 Å². The smallest absolute Gasteiger partial charge is 0.0104 e. The van der Waals surface area contributed by atoms with Gasteiger partial charge in [-0.25, -0.2) is 0 Å². The van der Waals surface area contributed by atoms with E-state index in [1.807, 2.05) is 0 Å². The van der Waals surface area contributed by atoms with Crippen LogP contribution in [0.2, 0.25) is 0 Å². The lowest BCUT2D eigenvalue weighted by Gasteiger charge is -2.32. The van der Waals surface area contributed by atoms with Gasteiger partial charge in [0.1, 0.15) is 0 Å². The Kier molecular flexibility index (Phi) is 6.95. The van der Waals surface area contributed by atoms with E-state index in [1.165, 1.54) is 30.4 Å². The van der Waals surface area contributed by atoms with Gasteiger partial charge >= 0.3 is 0 Å². The molecule has 0 amide bonds. The molecule has 0 spiro atoms. The molecule has 0 atom stereocenters. The Morgan fingerprint density at radius 2 is 1.86 bits per heavy atom. The number of allylic oxidation sites excluding steroid dienone is 10. The monoisotopic (exact) mass is 284 g/mol. The van der Waals surface area contributed by atoms with E-state index >= 15 is 0 Å². The van der Waals surface area contributed by atoms with Crippen molar-refractivity contribution < 1.29 is 0 Å². The molecule has 0 radical (unpaired) electrons. The van der Waals surface area contributed by atoms with Gasteiger partial charge in [0, 0.05) is 0 Å². The predicted molar refractivity (Wildman–Crippen MR) is 96.3 cm³/mol. The zero-order valence-electron chi connectivity index (χ0n) is 14.7. The van der Waals surface area contributed by atoms with Crippen molar-refractivity contribution in [1.29, 1.82) is 0 Å². The summed E-state index contributed by atoms with van der Waals surface area (Å²) < 4.78 is 0. The molecule has 0 fully saturated rings. The fraction of sp³-hybridized carbons (Fsp3) is 0.524. The van der Waals surface area contributed by atoms with Crippen molar-refractivity contribution >= 4 is 0 Å². The minimum atomic E-state index is 0.328. The molecule has 1 rings (SSSR count). The fourth-order valence-corrected chi connectivity index (χ4v) is 2.84. The minimum Gasteiger partial charge on any atom is -0.0820 e. The minimum absolute atomic E-state index is 0.328. The molecule has 0 N–H and O–H groups in total. The van der Waals surface area contributed by atoms with Crippen LogP contribution in [0.4, 0.5) is 0 Å². The molecule has 0 bridgehead atoms. The average Bonchev–Trinajstić information content (AvgIpc) is 2.36. The zero-order valence-corrected chi connectivity index (χ0v) is 14.7. The Morgan fingerprint density at radius 1 is 1.14 bits per heavy atom. The molecule has 0 unspecified atom stereocenters. The second-order valence-electron chi connectivity index (χ2n) is 7.19.